The predicted octanol–water partition coefficient (Wildman–Crippen LogP) is -0.0632. The van der Waals surface area contributed by atoms with Gasteiger partial charge >= 0.3 is 0 Å². The molecule has 1 saturated heterocycles. The first-order chi connectivity index (χ1) is 6.40. The van der Waals surface area contributed by atoms with E-state index in [0.29, 0.717) is 6.04 Å². The van der Waals surface area contributed by atoms with E-state index in [-0.39, 0.29) is 6.10 Å². The summed E-state index contributed by atoms with van der Waals surface area (Å²) in [5.74, 6) is 0. The van der Waals surface area contributed by atoms with E-state index in [2.05, 4.69) is 20.0 Å². The van der Waals surface area contributed by atoms with Crippen LogP contribution in [0.3, 0.4) is 0 Å². The number of anilines is 1. The van der Waals surface area contributed by atoms with Crippen LogP contribution >= 0.6 is 11.5 Å². The highest BCUT2D eigenvalue weighted by Crippen LogP contribution is 2.13. The van der Waals surface area contributed by atoms with Crippen LogP contribution in [0.1, 0.15) is 0 Å². The standard InChI is InChI=1S/C7H12N4OS/c1-12-6-3-8-2-5(6)11-7-9-4-10-13-7/h4-6,8H,2-3H2,1H3,(H,9,10,11)/t5?,6-/m0/s1. The number of nitrogens with one attached hydrogen (secondary N) is 2. The third-order valence-electron chi connectivity index (χ3n) is 2.13. The van der Waals surface area contributed by atoms with Crippen molar-refractivity contribution in [2.45, 2.75) is 12.1 Å². The number of ether oxygens (including phenoxy) is 1. The van der Waals surface area contributed by atoms with Crippen LogP contribution in [0, 0.1) is 0 Å². The van der Waals surface area contributed by atoms with Gasteiger partial charge in [-0.15, -0.1) is 0 Å². The predicted molar refractivity (Wildman–Crippen MR) is 51.0 cm³/mol. The molecule has 0 saturated carbocycles. The first-order valence-corrected chi connectivity index (χ1v) is 4.94. The van der Waals surface area contributed by atoms with Crippen molar-refractivity contribution in [1.29, 1.82) is 0 Å². The third-order valence-corrected chi connectivity index (χ3v) is 2.73. The summed E-state index contributed by atoms with van der Waals surface area (Å²) in [5.41, 5.74) is 0. The second-order valence-electron chi connectivity index (χ2n) is 2.93. The number of hydrogen-bond acceptors (Lipinski definition) is 6. The van der Waals surface area contributed by atoms with Gasteiger partial charge in [-0.1, -0.05) is 0 Å². The molecule has 0 bridgehead atoms. The quantitative estimate of drug-likeness (QED) is 0.715. The molecule has 72 valence electrons. The summed E-state index contributed by atoms with van der Waals surface area (Å²) in [6.07, 6.45) is 1.78. The molecule has 0 spiro atoms. The molecule has 0 aromatic carbocycles. The molecule has 1 aromatic rings. The van der Waals surface area contributed by atoms with Crippen LogP contribution < -0.4 is 10.6 Å². The van der Waals surface area contributed by atoms with Crippen molar-refractivity contribution in [2.75, 3.05) is 25.5 Å². The lowest BCUT2D eigenvalue weighted by molar-refractivity contribution is 0.111. The zero-order chi connectivity index (χ0) is 9.10. The molecule has 0 radical (unpaired) electrons. The van der Waals surface area contributed by atoms with Gasteiger partial charge in [0.05, 0.1) is 12.1 Å². The van der Waals surface area contributed by atoms with Gasteiger partial charge in [-0.25, -0.2) is 4.98 Å². The van der Waals surface area contributed by atoms with Crippen molar-refractivity contribution in [1.82, 2.24) is 14.7 Å². The van der Waals surface area contributed by atoms with E-state index < -0.39 is 0 Å². The summed E-state index contributed by atoms with van der Waals surface area (Å²) in [4.78, 5) is 4.06. The van der Waals surface area contributed by atoms with Gasteiger partial charge in [-0.3, -0.25) is 0 Å². The first-order valence-electron chi connectivity index (χ1n) is 4.17. The van der Waals surface area contributed by atoms with Crippen molar-refractivity contribution < 1.29 is 4.74 Å². The minimum atomic E-state index is 0.226. The average Bonchev–Trinajstić information content (AvgIpc) is 2.76. The lowest BCUT2D eigenvalue weighted by Crippen LogP contribution is -2.33. The molecule has 2 heterocycles. The Morgan fingerprint density at radius 2 is 2.62 bits per heavy atom. The Morgan fingerprint density at radius 3 is 3.31 bits per heavy atom. The Balaban J connectivity index is 1.94. The van der Waals surface area contributed by atoms with Gasteiger partial charge in [-0.2, -0.15) is 4.37 Å². The molecule has 2 rings (SSSR count). The molecule has 13 heavy (non-hydrogen) atoms. The molecule has 1 unspecified atom stereocenters. The number of aromatic nitrogens is 2. The second-order valence-corrected chi connectivity index (χ2v) is 3.71. The maximum Gasteiger partial charge on any atom is 0.202 e. The Hall–Kier alpha value is -0.720. The van der Waals surface area contributed by atoms with Crippen LogP contribution in [-0.2, 0) is 4.74 Å². The van der Waals surface area contributed by atoms with Crippen LogP contribution in [0.15, 0.2) is 6.33 Å². The summed E-state index contributed by atoms with van der Waals surface area (Å²) >= 11 is 1.37. The average molecular weight is 200 g/mol. The van der Waals surface area contributed by atoms with Crippen LogP contribution in [0.5, 0.6) is 0 Å². The molecule has 0 aliphatic carbocycles. The summed E-state index contributed by atoms with van der Waals surface area (Å²) in [6.45, 7) is 1.81. The van der Waals surface area contributed by atoms with Crippen molar-refractivity contribution in [3.05, 3.63) is 6.33 Å². The first kappa shape index (κ1) is 8.86. The summed E-state index contributed by atoms with van der Waals surface area (Å²) in [6, 6.07) is 0.304. The fourth-order valence-corrected chi connectivity index (χ4v) is 1.93. The van der Waals surface area contributed by atoms with Gasteiger partial charge in [0.1, 0.15) is 6.33 Å². The third kappa shape index (κ3) is 1.96. The SMILES string of the molecule is CO[C@H]1CNCC1Nc1ncns1. The van der Waals surface area contributed by atoms with Crippen LogP contribution in [0.2, 0.25) is 0 Å². The van der Waals surface area contributed by atoms with E-state index in [4.69, 9.17) is 4.74 Å². The monoisotopic (exact) mass is 200 g/mol. The van der Waals surface area contributed by atoms with E-state index in [1.807, 2.05) is 0 Å². The van der Waals surface area contributed by atoms with Crippen LogP contribution in [0.4, 0.5) is 5.13 Å². The summed E-state index contributed by atoms with van der Waals surface area (Å²) in [7, 11) is 1.73. The molecular formula is C7H12N4OS. The highest BCUT2D eigenvalue weighted by Gasteiger charge is 2.27. The largest absolute Gasteiger partial charge is 0.378 e. The van der Waals surface area contributed by atoms with Gasteiger partial charge in [0.25, 0.3) is 0 Å². The zero-order valence-corrected chi connectivity index (χ0v) is 8.17. The fourth-order valence-electron chi connectivity index (χ4n) is 1.44. The maximum atomic E-state index is 5.30. The highest BCUT2D eigenvalue weighted by atomic mass is 32.1. The summed E-state index contributed by atoms with van der Waals surface area (Å²) < 4.78 is 9.23. The number of rotatable bonds is 3. The van der Waals surface area contributed by atoms with E-state index in [0.717, 1.165) is 18.2 Å². The molecule has 2 atom stereocenters. The van der Waals surface area contributed by atoms with Crippen LogP contribution in [0.25, 0.3) is 0 Å². The van der Waals surface area contributed by atoms with E-state index >= 15 is 0 Å². The Kier molecular flexibility index (Phi) is 2.72. The fraction of sp³-hybridized carbons (Fsp3) is 0.714. The Morgan fingerprint density at radius 1 is 1.69 bits per heavy atom. The molecular weight excluding hydrogens is 188 g/mol. The van der Waals surface area contributed by atoms with Crippen molar-refractivity contribution >= 4 is 16.7 Å². The van der Waals surface area contributed by atoms with Gasteiger partial charge in [0.2, 0.25) is 5.13 Å². The summed E-state index contributed by atoms with van der Waals surface area (Å²) in [5, 5.41) is 7.39. The lowest BCUT2D eigenvalue weighted by Gasteiger charge is -2.17. The Bertz CT molecular complexity index is 253. The number of hydrogen-bond donors (Lipinski definition) is 2. The lowest BCUT2D eigenvalue weighted by atomic mass is 10.2. The van der Waals surface area contributed by atoms with Gasteiger partial charge in [0, 0.05) is 31.7 Å². The van der Waals surface area contributed by atoms with Crippen molar-refractivity contribution in [3.63, 3.8) is 0 Å². The molecule has 1 aliphatic rings. The van der Waals surface area contributed by atoms with Gasteiger partial charge in [0.15, 0.2) is 0 Å². The van der Waals surface area contributed by atoms with E-state index in [1.54, 1.807) is 13.4 Å². The number of nitrogens with zero attached hydrogens (tertiary/aromatic N) is 2. The van der Waals surface area contributed by atoms with Crippen LogP contribution in [-0.4, -0.2) is 41.7 Å². The highest BCUT2D eigenvalue weighted by molar-refractivity contribution is 7.09. The smallest absolute Gasteiger partial charge is 0.202 e. The van der Waals surface area contributed by atoms with Crippen molar-refractivity contribution in [2.24, 2.45) is 0 Å². The number of methoxy groups -OCH3 is 1. The topological polar surface area (TPSA) is 59.1 Å². The van der Waals surface area contributed by atoms with E-state index in [9.17, 15) is 0 Å². The Labute approximate surface area is 80.7 Å². The molecule has 6 heteroatoms. The molecule has 1 fully saturated rings. The molecule has 5 nitrogen and oxygen atoms in total. The maximum absolute atomic E-state index is 5.30. The second kappa shape index (κ2) is 3.99. The normalized spacial score (nSPS) is 27.8. The molecule has 0 amide bonds. The molecule has 2 N–H and O–H groups in total. The molecule has 1 aromatic heterocycles. The molecule has 1 aliphatic heterocycles. The van der Waals surface area contributed by atoms with Gasteiger partial charge < -0.3 is 15.4 Å². The van der Waals surface area contributed by atoms with Gasteiger partial charge in [-0.05, 0) is 0 Å². The van der Waals surface area contributed by atoms with E-state index in [1.165, 1.54) is 11.5 Å². The minimum absolute atomic E-state index is 0.226. The zero-order valence-electron chi connectivity index (χ0n) is 7.36. The van der Waals surface area contributed by atoms with Crippen molar-refractivity contribution in [3.8, 4) is 0 Å². The minimum Gasteiger partial charge on any atom is -0.378 e.